The second-order valence-corrected chi connectivity index (χ2v) is 6.15. The highest BCUT2D eigenvalue weighted by atomic mass is 79.9. The molecule has 6 heteroatoms. The normalized spacial score (nSPS) is 10.8. The summed E-state index contributed by atoms with van der Waals surface area (Å²) in [5.74, 6) is -2.32. The molecule has 2 nitrogen and oxygen atoms in total. The molecule has 0 spiro atoms. The van der Waals surface area contributed by atoms with Crippen LogP contribution in [0.2, 0.25) is 0 Å². The summed E-state index contributed by atoms with van der Waals surface area (Å²) in [6.45, 7) is 3.79. The van der Waals surface area contributed by atoms with Gasteiger partial charge in [0.2, 0.25) is 0 Å². The molecular weight excluding hydrogens is 336 g/mol. The number of Topliss-reactive ketones (excluding diaryl/α,β-unsaturated/α-hetero) is 1. The third kappa shape index (κ3) is 2.90. The average Bonchev–Trinajstić information content (AvgIpc) is 2.65. The first kappa shape index (κ1) is 14.3. The Balaban J connectivity index is 2.28. The van der Waals surface area contributed by atoms with Crippen molar-refractivity contribution in [1.82, 2.24) is 4.98 Å². The Hall–Kier alpha value is -1.14. The summed E-state index contributed by atoms with van der Waals surface area (Å²) in [4.78, 5) is 17.4. The molecule has 0 aliphatic heterocycles. The van der Waals surface area contributed by atoms with Crippen LogP contribution in [0.1, 0.15) is 25.9 Å². The number of halogens is 3. The minimum atomic E-state index is -1.04. The first-order valence-electron chi connectivity index (χ1n) is 5.49. The van der Waals surface area contributed by atoms with Crippen molar-refractivity contribution in [1.29, 1.82) is 0 Å². The maximum atomic E-state index is 13.4. The third-order valence-corrected chi connectivity index (χ3v) is 4.57. The fraction of sp³-hybridized carbons (Fsp3) is 0.231. The zero-order valence-electron chi connectivity index (χ0n) is 10.3. The molecule has 0 N–H and O–H groups in total. The highest BCUT2D eigenvalue weighted by Crippen LogP contribution is 2.25. The quantitative estimate of drug-likeness (QED) is 0.615. The summed E-state index contributed by atoms with van der Waals surface area (Å²) in [5, 5.41) is 0.677. The van der Waals surface area contributed by atoms with E-state index >= 15 is 0 Å². The maximum Gasteiger partial charge on any atom is 0.173 e. The van der Waals surface area contributed by atoms with Crippen molar-refractivity contribution in [3.05, 3.63) is 49.4 Å². The van der Waals surface area contributed by atoms with E-state index in [1.807, 2.05) is 13.8 Å². The van der Waals surface area contributed by atoms with Crippen LogP contribution >= 0.6 is 27.3 Å². The van der Waals surface area contributed by atoms with Gasteiger partial charge in [0.1, 0.15) is 5.01 Å². The number of carbonyl (C=O) groups is 1. The molecule has 0 radical (unpaired) electrons. The Morgan fingerprint density at radius 3 is 2.63 bits per heavy atom. The van der Waals surface area contributed by atoms with Crippen LogP contribution in [-0.4, -0.2) is 10.8 Å². The number of rotatable bonds is 3. The predicted octanol–water partition coefficient (Wildman–Crippen LogP) is 4.23. The molecule has 0 saturated heterocycles. The highest BCUT2D eigenvalue weighted by molar-refractivity contribution is 9.10. The molecule has 0 fully saturated rings. The van der Waals surface area contributed by atoms with Gasteiger partial charge >= 0.3 is 0 Å². The van der Waals surface area contributed by atoms with Gasteiger partial charge in [-0.2, -0.15) is 0 Å². The van der Waals surface area contributed by atoms with Gasteiger partial charge in [-0.15, -0.1) is 11.3 Å². The van der Waals surface area contributed by atoms with Gasteiger partial charge in [-0.3, -0.25) is 4.79 Å². The van der Waals surface area contributed by atoms with Crippen LogP contribution in [0, 0.1) is 25.5 Å². The van der Waals surface area contributed by atoms with Crippen molar-refractivity contribution in [3.63, 3.8) is 0 Å². The third-order valence-electron chi connectivity index (χ3n) is 2.72. The Labute approximate surface area is 121 Å². The molecule has 1 heterocycles. The minimum Gasteiger partial charge on any atom is -0.294 e. The van der Waals surface area contributed by atoms with Crippen LogP contribution in [0.3, 0.4) is 0 Å². The molecule has 100 valence electrons. The SMILES string of the molecule is Cc1nc(CC(=O)c2ccc(F)c(F)c2Br)sc1C. The lowest BCUT2D eigenvalue weighted by molar-refractivity contribution is 0.0991. The van der Waals surface area contributed by atoms with E-state index in [1.165, 1.54) is 17.4 Å². The number of ketones is 1. The highest BCUT2D eigenvalue weighted by Gasteiger charge is 2.18. The summed E-state index contributed by atoms with van der Waals surface area (Å²) < 4.78 is 26.2. The van der Waals surface area contributed by atoms with Crippen LogP contribution in [0.4, 0.5) is 8.78 Å². The topological polar surface area (TPSA) is 30.0 Å². The van der Waals surface area contributed by atoms with Gasteiger partial charge in [-0.25, -0.2) is 13.8 Å². The molecule has 0 amide bonds. The Morgan fingerprint density at radius 1 is 1.37 bits per heavy atom. The van der Waals surface area contributed by atoms with Crippen LogP contribution in [0.15, 0.2) is 16.6 Å². The number of aryl methyl sites for hydroxylation is 2. The Morgan fingerprint density at radius 2 is 2.05 bits per heavy atom. The molecule has 0 unspecified atom stereocenters. The molecule has 19 heavy (non-hydrogen) atoms. The zero-order chi connectivity index (χ0) is 14.2. The number of aromatic nitrogens is 1. The van der Waals surface area contributed by atoms with Crippen molar-refractivity contribution >= 4 is 33.0 Å². The Kier molecular flexibility index (Phi) is 4.10. The molecule has 0 aliphatic carbocycles. The first-order valence-corrected chi connectivity index (χ1v) is 7.10. The predicted molar refractivity (Wildman–Crippen MR) is 73.7 cm³/mol. The van der Waals surface area contributed by atoms with E-state index < -0.39 is 11.6 Å². The lowest BCUT2D eigenvalue weighted by Crippen LogP contribution is -2.06. The fourth-order valence-electron chi connectivity index (χ4n) is 1.59. The van der Waals surface area contributed by atoms with Gasteiger partial charge in [-0.05, 0) is 41.9 Å². The summed E-state index contributed by atoms with van der Waals surface area (Å²) in [7, 11) is 0. The van der Waals surface area contributed by atoms with E-state index in [0.717, 1.165) is 16.6 Å². The van der Waals surface area contributed by atoms with Gasteiger partial charge in [0, 0.05) is 10.4 Å². The smallest absolute Gasteiger partial charge is 0.173 e. The molecule has 0 atom stereocenters. The van der Waals surface area contributed by atoms with Gasteiger partial charge in [0.05, 0.1) is 16.6 Å². The van der Waals surface area contributed by atoms with Crippen molar-refractivity contribution in [2.45, 2.75) is 20.3 Å². The standard InChI is InChI=1S/C13H10BrF2NOS/c1-6-7(2)19-11(17-6)5-10(18)8-3-4-9(15)13(16)12(8)14/h3-4H,5H2,1-2H3. The van der Waals surface area contributed by atoms with E-state index in [-0.39, 0.29) is 22.2 Å². The van der Waals surface area contributed by atoms with Gasteiger partial charge in [0.25, 0.3) is 0 Å². The van der Waals surface area contributed by atoms with E-state index in [4.69, 9.17) is 0 Å². The van der Waals surface area contributed by atoms with Crippen LogP contribution in [0.5, 0.6) is 0 Å². The summed E-state index contributed by atoms with van der Waals surface area (Å²) in [6, 6.07) is 2.23. The van der Waals surface area contributed by atoms with Crippen molar-refractivity contribution in [2.24, 2.45) is 0 Å². The number of thiazole rings is 1. The fourth-order valence-corrected chi connectivity index (χ4v) is 3.06. The molecule has 2 rings (SSSR count). The second kappa shape index (κ2) is 5.46. The maximum absolute atomic E-state index is 13.4. The molecule has 0 bridgehead atoms. The second-order valence-electron chi connectivity index (χ2n) is 4.07. The van der Waals surface area contributed by atoms with Crippen LogP contribution in [-0.2, 0) is 6.42 Å². The summed E-state index contributed by atoms with van der Waals surface area (Å²) in [6.07, 6.45) is 0.0863. The number of carbonyl (C=O) groups excluding carboxylic acids is 1. The van der Waals surface area contributed by atoms with Gasteiger partial charge in [-0.1, -0.05) is 0 Å². The minimum absolute atomic E-state index is 0.0863. The molecular formula is C13H10BrF2NOS. The average molecular weight is 346 g/mol. The summed E-state index contributed by atoms with van der Waals surface area (Å²) >= 11 is 4.35. The molecule has 1 aromatic heterocycles. The van der Waals surface area contributed by atoms with E-state index in [0.29, 0.717) is 5.01 Å². The lowest BCUT2D eigenvalue weighted by atomic mass is 10.1. The number of hydrogen-bond acceptors (Lipinski definition) is 3. The molecule has 0 aliphatic rings. The van der Waals surface area contributed by atoms with Gasteiger partial charge in [0.15, 0.2) is 17.4 Å². The molecule has 1 aromatic carbocycles. The summed E-state index contributed by atoms with van der Waals surface area (Å²) in [5.41, 5.74) is 1.02. The van der Waals surface area contributed by atoms with Crippen LogP contribution in [0.25, 0.3) is 0 Å². The van der Waals surface area contributed by atoms with Gasteiger partial charge < -0.3 is 0 Å². The lowest BCUT2D eigenvalue weighted by Gasteiger charge is -2.04. The first-order chi connectivity index (χ1) is 8.90. The monoisotopic (exact) mass is 345 g/mol. The Bertz CT molecular complexity index is 635. The van der Waals surface area contributed by atoms with Crippen molar-refractivity contribution in [3.8, 4) is 0 Å². The van der Waals surface area contributed by atoms with E-state index in [1.54, 1.807) is 0 Å². The van der Waals surface area contributed by atoms with E-state index in [9.17, 15) is 13.6 Å². The number of hydrogen-bond donors (Lipinski definition) is 0. The molecule has 0 saturated carbocycles. The zero-order valence-corrected chi connectivity index (χ0v) is 12.7. The molecule has 2 aromatic rings. The number of nitrogens with zero attached hydrogens (tertiary/aromatic N) is 1. The van der Waals surface area contributed by atoms with Crippen LogP contribution < -0.4 is 0 Å². The largest absolute Gasteiger partial charge is 0.294 e. The van der Waals surface area contributed by atoms with Crippen molar-refractivity contribution < 1.29 is 13.6 Å². The van der Waals surface area contributed by atoms with E-state index in [2.05, 4.69) is 20.9 Å². The number of benzene rings is 1. The van der Waals surface area contributed by atoms with Crippen molar-refractivity contribution in [2.75, 3.05) is 0 Å².